The van der Waals surface area contributed by atoms with E-state index in [1.165, 1.54) is 11.4 Å². The van der Waals surface area contributed by atoms with Gasteiger partial charge in [-0.15, -0.1) is 0 Å². The van der Waals surface area contributed by atoms with Crippen LogP contribution in [0.5, 0.6) is 0 Å². The number of hydrogen-bond donors (Lipinski definition) is 0. The quantitative estimate of drug-likeness (QED) is 0.617. The van der Waals surface area contributed by atoms with Crippen LogP contribution in [0.2, 0.25) is 0 Å². The first-order valence-corrected chi connectivity index (χ1v) is 10.7. The zero-order chi connectivity index (χ0) is 21.0. The molecule has 1 amide bonds. The molecule has 0 aliphatic heterocycles. The summed E-state index contributed by atoms with van der Waals surface area (Å²) in [5, 5.41) is 0. The maximum Gasteiger partial charge on any atom is 0.264 e. The van der Waals surface area contributed by atoms with E-state index >= 15 is 0 Å². The number of anilines is 1. The second-order valence-electron chi connectivity index (χ2n) is 6.98. The number of hydrogen-bond acceptors (Lipinski definition) is 3. The predicted molar refractivity (Wildman–Crippen MR) is 115 cm³/mol. The molecule has 0 aliphatic carbocycles. The molecule has 29 heavy (non-hydrogen) atoms. The van der Waals surface area contributed by atoms with Gasteiger partial charge in [0, 0.05) is 26.2 Å². The molecule has 3 aromatic carbocycles. The van der Waals surface area contributed by atoms with E-state index in [1.54, 1.807) is 66.5 Å². The third kappa shape index (κ3) is 4.66. The Hall–Kier alpha value is -3.12. The lowest BCUT2D eigenvalue weighted by Gasteiger charge is -2.21. The fourth-order valence-corrected chi connectivity index (χ4v) is 4.30. The zero-order valence-corrected chi connectivity index (χ0v) is 17.6. The summed E-state index contributed by atoms with van der Waals surface area (Å²) in [6, 6.07) is 22.9. The van der Waals surface area contributed by atoms with Gasteiger partial charge in [0.2, 0.25) is 0 Å². The van der Waals surface area contributed by atoms with E-state index < -0.39 is 10.0 Å². The van der Waals surface area contributed by atoms with Crippen molar-refractivity contribution in [3.63, 3.8) is 0 Å². The molecule has 3 aromatic rings. The van der Waals surface area contributed by atoms with Crippen LogP contribution in [0.25, 0.3) is 0 Å². The summed E-state index contributed by atoms with van der Waals surface area (Å²) in [7, 11) is -0.391. The number of sulfonamides is 1. The molecule has 150 valence electrons. The Labute approximate surface area is 172 Å². The number of carbonyl (C=O) groups excluding carboxylic acids is 1. The summed E-state index contributed by atoms with van der Waals surface area (Å²) in [5.74, 6) is -0.119. The van der Waals surface area contributed by atoms with Crippen LogP contribution in [0.3, 0.4) is 0 Å². The number of benzene rings is 3. The fraction of sp³-hybridized carbons (Fsp3) is 0.174. The molecule has 0 radical (unpaired) electrons. The Bertz CT molecular complexity index is 1090. The van der Waals surface area contributed by atoms with Crippen LogP contribution in [0.1, 0.15) is 21.5 Å². The molecule has 5 nitrogen and oxygen atoms in total. The van der Waals surface area contributed by atoms with Crippen LogP contribution < -0.4 is 4.31 Å². The molecule has 0 aromatic heterocycles. The summed E-state index contributed by atoms with van der Waals surface area (Å²) < 4.78 is 26.7. The van der Waals surface area contributed by atoms with Gasteiger partial charge in [-0.2, -0.15) is 0 Å². The summed E-state index contributed by atoms with van der Waals surface area (Å²) >= 11 is 0. The van der Waals surface area contributed by atoms with E-state index in [-0.39, 0.29) is 10.8 Å². The number of amides is 1. The maximum absolute atomic E-state index is 12.7. The van der Waals surface area contributed by atoms with Crippen molar-refractivity contribution in [3.8, 4) is 0 Å². The molecule has 0 saturated carbocycles. The van der Waals surface area contributed by atoms with Gasteiger partial charge in [0.05, 0.1) is 10.6 Å². The highest BCUT2D eigenvalue weighted by molar-refractivity contribution is 7.92. The molecular formula is C23H24N2O3S. The first-order valence-electron chi connectivity index (χ1n) is 9.24. The molecule has 0 fully saturated rings. The van der Waals surface area contributed by atoms with E-state index in [0.717, 1.165) is 11.1 Å². The van der Waals surface area contributed by atoms with E-state index in [2.05, 4.69) is 6.07 Å². The Kier molecular flexibility index (Phi) is 6.03. The minimum Gasteiger partial charge on any atom is -0.337 e. The second-order valence-corrected chi connectivity index (χ2v) is 8.95. The summed E-state index contributed by atoms with van der Waals surface area (Å²) in [5.41, 5.74) is 3.21. The second kappa shape index (κ2) is 8.49. The monoisotopic (exact) mass is 408 g/mol. The van der Waals surface area contributed by atoms with E-state index in [4.69, 9.17) is 0 Å². The van der Waals surface area contributed by atoms with Crippen molar-refractivity contribution in [2.75, 3.05) is 18.4 Å². The van der Waals surface area contributed by atoms with Crippen LogP contribution >= 0.6 is 0 Å². The first kappa shape index (κ1) is 20.6. The normalized spacial score (nSPS) is 11.1. The van der Waals surface area contributed by atoms with E-state index in [0.29, 0.717) is 17.8 Å². The maximum atomic E-state index is 12.7. The highest BCUT2D eigenvalue weighted by Gasteiger charge is 2.21. The molecule has 0 unspecified atom stereocenters. The van der Waals surface area contributed by atoms with Crippen molar-refractivity contribution in [2.45, 2.75) is 18.4 Å². The lowest BCUT2D eigenvalue weighted by atomic mass is 10.1. The smallest absolute Gasteiger partial charge is 0.264 e. The summed E-state index contributed by atoms with van der Waals surface area (Å²) in [6.45, 7) is 2.52. The highest BCUT2D eigenvalue weighted by atomic mass is 32.2. The van der Waals surface area contributed by atoms with Crippen molar-refractivity contribution in [1.82, 2.24) is 4.90 Å². The van der Waals surface area contributed by atoms with Gasteiger partial charge in [0.25, 0.3) is 15.9 Å². The molecule has 3 rings (SSSR count). The van der Waals surface area contributed by atoms with Gasteiger partial charge in [0.1, 0.15) is 0 Å². The Morgan fingerprint density at radius 1 is 0.862 bits per heavy atom. The molecule has 0 N–H and O–H groups in total. The predicted octanol–water partition coefficient (Wildman–Crippen LogP) is 4.09. The average Bonchev–Trinajstić information content (AvgIpc) is 2.73. The lowest BCUT2D eigenvalue weighted by Crippen LogP contribution is -2.27. The Balaban J connectivity index is 1.74. The topological polar surface area (TPSA) is 57.7 Å². The number of nitrogens with zero attached hydrogens (tertiary/aromatic N) is 2. The van der Waals surface area contributed by atoms with Crippen molar-refractivity contribution >= 4 is 21.6 Å². The van der Waals surface area contributed by atoms with Gasteiger partial charge in [0.15, 0.2) is 0 Å². The summed E-state index contributed by atoms with van der Waals surface area (Å²) in [4.78, 5) is 14.6. The minimum atomic E-state index is -3.65. The Morgan fingerprint density at radius 3 is 2.14 bits per heavy atom. The van der Waals surface area contributed by atoms with Crippen molar-refractivity contribution in [3.05, 3.63) is 95.6 Å². The molecule has 0 saturated heterocycles. The van der Waals surface area contributed by atoms with Gasteiger partial charge >= 0.3 is 0 Å². The molecule has 0 bridgehead atoms. The zero-order valence-electron chi connectivity index (χ0n) is 16.7. The van der Waals surface area contributed by atoms with Gasteiger partial charge in [-0.25, -0.2) is 8.42 Å². The van der Waals surface area contributed by atoms with Crippen LogP contribution in [0, 0.1) is 6.92 Å². The molecule has 0 spiro atoms. The molecule has 0 atom stereocenters. The average molecular weight is 409 g/mol. The van der Waals surface area contributed by atoms with Gasteiger partial charge in [-0.3, -0.25) is 9.10 Å². The standard InChI is InChI=1S/C23H24N2O3S/c1-18-8-7-9-19(16-18)17-24(2)23(26)20-12-14-21(15-13-20)25(3)29(27,28)22-10-5-4-6-11-22/h4-16H,17H2,1-3H3. The van der Waals surface area contributed by atoms with Crippen molar-refractivity contribution in [2.24, 2.45) is 0 Å². The molecule has 0 heterocycles. The van der Waals surface area contributed by atoms with Gasteiger partial charge in [-0.1, -0.05) is 48.0 Å². The summed E-state index contributed by atoms with van der Waals surface area (Å²) in [6.07, 6.45) is 0. The number of aryl methyl sites for hydroxylation is 1. The third-order valence-corrected chi connectivity index (χ3v) is 6.53. The largest absolute Gasteiger partial charge is 0.337 e. The first-order chi connectivity index (χ1) is 13.8. The van der Waals surface area contributed by atoms with Crippen LogP contribution in [-0.2, 0) is 16.6 Å². The lowest BCUT2D eigenvalue weighted by molar-refractivity contribution is 0.0785. The van der Waals surface area contributed by atoms with Gasteiger partial charge in [-0.05, 0) is 48.9 Å². The van der Waals surface area contributed by atoms with Crippen LogP contribution in [-0.4, -0.2) is 33.3 Å². The highest BCUT2D eigenvalue weighted by Crippen LogP contribution is 2.22. The third-order valence-electron chi connectivity index (χ3n) is 4.73. The number of carbonyl (C=O) groups is 1. The minimum absolute atomic E-state index is 0.119. The Morgan fingerprint density at radius 2 is 1.52 bits per heavy atom. The van der Waals surface area contributed by atoms with E-state index in [9.17, 15) is 13.2 Å². The van der Waals surface area contributed by atoms with Crippen molar-refractivity contribution < 1.29 is 13.2 Å². The molecule has 0 aliphatic rings. The SMILES string of the molecule is Cc1cccc(CN(C)C(=O)c2ccc(N(C)S(=O)(=O)c3ccccc3)cc2)c1. The van der Waals surface area contributed by atoms with E-state index in [1.807, 2.05) is 25.1 Å². The van der Waals surface area contributed by atoms with Gasteiger partial charge < -0.3 is 4.90 Å². The fourth-order valence-electron chi connectivity index (χ4n) is 3.08. The van der Waals surface area contributed by atoms with Crippen LogP contribution in [0.15, 0.2) is 83.8 Å². The number of rotatable bonds is 6. The van der Waals surface area contributed by atoms with Crippen LogP contribution in [0.4, 0.5) is 5.69 Å². The van der Waals surface area contributed by atoms with Crippen molar-refractivity contribution in [1.29, 1.82) is 0 Å². The molecule has 6 heteroatoms. The molecular weight excluding hydrogens is 384 g/mol.